The highest BCUT2D eigenvalue weighted by Crippen LogP contribution is 2.37. The van der Waals surface area contributed by atoms with Crippen LogP contribution in [0.25, 0.3) is 0 Å². The third kappa shape index (κ3) is 26.8. The number of ether oxygens (including phenoxy) is 6. The van der Waals surface area contributed by atoms with Crippen molar-refractivity contribution in [3.63, 3.8) is 0 Å². The van der Waals surface area contributed by atoms with E-state index in [0.29, 0.717) is 96.7 Å². The second-order valence-electron chi connectivity index (χ2n) is 32.2. The Morgan fingerprint density at radius 2 is 0.624 bits per heavy atom. The number of carbonyl (C=O) groups is 12. The smallest absolute Gasteiger partial charge is 0.417 e. The number of aryl methyl sites for hydroxylation is 5. The zero-order valence-corrected chi connectivity index (χ0v) is 72.2. The van der Waals surface area contributed by atoms with Crippen LogP contribution < -0.4 is 0 Å². The quantitative estimate of drug-likeness (QED) is 0.0508. The van der Waals surface area contributed by atoms with Crippen molar-refractivity contribution < 1.29 is 86.0 Å². The Balaban J connectivity index is 0.000000157. The minimum Gasteiger partial charge on any atom is -0.447 e. The molecule has 6 saturated heterocycles. The van der Waals surface area contributed by atoms with Crippen LogP contribution in [0.3, 0.4) is 0 Å². The van der Waals surface area contributed by atoms with Gasteiger partial charge in [-0.25, -0.2) is 58.2 Å². The van der Waals surface area contributed by atoms with Gasteiger partial charge in [-0.2, -0.15) is 0 Å². The molecule has 6 heterocycles. The second-order valence-corrected chi connectivity index (χ2v) is 32.2. The fourth-order valence-corrected chi connectivity index (χ4v) is 15.7. The number of benzene rings is 9. The first-order chi connectivity index (χ1) is 60.3. The summed E-state index contributed by atoms with van der Waals surface area (Å²) in [5, 5.41) is 0. The third-order valence-corrected chi connectivity index (χ3v) is 22.1. The van der Waals surface area contributed by atoms with Crippen molar-refractivity contribution in [1.29, 1.82) is 0 Å². The van der Waals surface area contributed by atoms with Gasteiger partial charge < -0.3 is 28.4 Å². The van der Waals surface area contributed by atoms with Gasteiger partial charge in [0.25, 0.3) is 0 Å². The lowest BCUT2D eigenvalue weighted by molar-refractivity contribution is -0.131. The first-order valence-electron chi connectivity index (χ1n) is 42.7. The van der Waals surface area contributed by atoms with Crippen LogP contribution >= 0.6 is 0 Å². The van der Waals surface area contributed by atoms with Crippen LogP contribution in [0.5, 0.6) is 0 Å². The molecule has 24 nitrogen and oxygen atoms in total. The molecule has 0 saturated carbocycles. The van der Waals surface area contributed by atoms with Crippen molar-refractivity contribution in [3.8, 4) is 0 Å². The molecule has 9 aromatic rings. The average Bonchev–Trinajstić information content (AvgIpc) is 1.62. The van der Waals surface area contributed by atoms with Gasteiger partial charge in [0.2, 0.25) is 35.4 Å². The van der Waals surface area contributed by atoms with Gasteiger partial charge in [0.15, 0.2) is 0 Å². The van der Waals surface area contributed by atoms with Crippen LogP contribution in [0.4, 0.5) is 28.8 Å². The maximum atomic E-state index is 12.5. The molecule has 0 spiro atoms. The summed E-state index contributed by atoms with van der Waals surface area (Å²) in [6.45, 7) is 16.4. The van der Waals surface area contributed by atoms with Crippen molar-refractivity contribution in [3.05, 3.63) is 323 Å². The summed E-state index contributed by atoms with van der Waals surface area (Å²) in [6.07, 6.45) is 2.73. The first kappa shape index (κ1) is 93.9. The molecule has 0 N–H and O–H groups in total. The van der Waals surface area contributed by atoms with Crippen molar-refractivity contribution >= 4 is 72.0 Å². The lowest BCUT2D eigenvalue weighted by Gasteiger charge is -2.31. The zero-order chi connectivity index (χ0) is 89.4. The number of hydrogen-bond donors (Lipinski definition) is 0. The fourth-order valence-electron chi connectivity index (χ4n) is 15.7. The maximum absolute atomic E-state index is 12.5. The molecule has 9 aromatic carbocycles. The highest BCUT2D eigenvalue weighted by atomic mass is 16.6. The van der Waals surface area contributed by atoms with Gasteiger partial charge in [-0.05, 0) is 128 Å². The molecule has 654 valence electrons. The summed E-state index contributed by atoms with van der Waals surface area (Å²) in [7, 11) is 0. The minimum absolute atomic E-state index is 0.129. The molecule has 15 rings (SSSR count). The van der Waals surface area contributed by atoms with Crippen LogP contribution in [-0.4, -0.2) is 164 Å². The van der Waals surface area contributed by atoms with Crippen molar-refractivity contribution in [2.45, 2.75) is 187 Å². The van der Waals surface area contributed by atoms with E-state index in [4.69, 9.17) is 28.4 Å². The summed E-state index contributed by atoms with van der Waals surface area (Å²) in [5.74, 6) is -0.659. The fraction of sp³-hybridized carbons (Fsp3) is 0.347. The van der Waals surface area contributed by atoms with E-state index >= 15 is 0 Å². The molecule has 12 amide bonds. The second kappa shape index (κ2) is 46.8. The molecule has 0 radical (unpaired) electrons. The molecule has 0 aliphatic carbocycles. The normalized spacial score (nSPS) is 18.9. The van der Waals surface area contributed by atoms with Crippen LogP contribution in [0, 0.1) is 11.8 Å². The van der Waals surface area contributed by atoms with Crippen LogP contribution in [-0.2, 0) is 102 Å². The SMILES string of the molecule is CC(C)[C@@H]1N(C(=O)CCc2ccccc2)C(=O)OC1(C)C.CC(C)[C@H]1COC(=O)N1C(=O)CCc1ccccc1.CCC(=O)N1C(=O)OCC1Cc1ccccc1.C[C@H]1[C@@H](c2ccccc2)OC(=O)N1C(=O)CCc1ccccc1.O=C(CCc1ccccc1)N1C(=O)OC[C@@H]1Cc1ccccc1.O=C(CCc1ccccc1)N1C(=O)OC[C@@H]1c1ccccc1. The van der Waals surface area contributed by atoms with Crippen LogP contribution in [0.15, 0.2) is 273 Å². The van der Waals surface area contributed by atoms with Gasteiger partial charge in [0.05, 0.1) is 30.2 Å². The van der Waals surface area contributed by atoms with E-state index in [9.17, 15) is 57.5 Å². The summed E-state index contributed by atoms with van der Waals surface area (Å²) in [6, 6.07) is 86.3. The molecule has 24 heteroatoms. The Morgan fingerprint density at radius 3 is 0.992 bits per heavy atom. The van der Waals surface area contributed by atoms with Gasteiger partial charge in [0, 0.05) is 38.5 Å². The number of hydrogen-bond acceptors (Lipinski definition) is 18. The zero-order valence-electron chi connectivity index (χ0n) is 72.2. The lowest BCUT2D eigenvalue weighted by Crippen LogP contribution is -2.48. The number of rotatable bonds is 24. The Bertz CT molecular complexity index is 4960. The minimum atomic E-state index is -0.631. The first-order valence-corrected chi connectivity index (χ1v) is 42.7. The van der Waals surface area contributed by atoms with Gasteiger partial charge in [-0.15, -0.1) is 0 Å². The van der Waals surface area contributed by atoms with Gasteiger partial charge in [-0.1, -0.05) is 308 Å². The van der Waals surface area contributed by atoms with E-state index in [2.05, 4.69) is 0 Å². The molecule has 0 aromatic heterocycles. The molecule has 6 aliphatic rings. The standard InChI is InChI=1S/2C19H19NO3.C18H17NO3.C17H23NO3.C15H19NO3.C13H15NO3/c1-14-18(16-10-6-3-7-11-16)23-19(22)20(14)17(21)13-12-15-8-4-2-5-9-15;21-18(12-11-15-7-3-1-4-8-15)20-17(14-23-19(20)22)13-16-9-5-2-6-10-16;20-17(12-11-14-7-3-1-4-8-14)19-16(13-22-18(19)21)15-9-5-2-6-10-15;1-12(2)15-17(3,4)21-16(20)18(15)14(19)11-10-13-8-6-5-7-9-13;1-11(2)13-10-19-15(18)16(13)14(17)9-8-12-6-4-3-5-7-12;1-2-12(15)14-11(9-17-13(14)16)8-10-6-4-3-5-7-10/h2-11,14,18H,12-13H2,1H3;1-10,17H,11-14H2;1-10,16H,11-13H2;5-9,12,15H,10-11H2,1-4H3;3-7,11,13H,8-10H2,1-2H3;3-7,11H,2,8-9H2,1H3/t14-,18-;17-;16-;15-;13-;/m00101./s1. The van der Waals surface area contributed by atoms with Gasteiger partial charge in [-0.3, -0.25) is 28.8 Å². The van der Waals surface area contributed by atoms with E-state index in [1.807, 2.05) is 321 Å². The third-order valence-electron chi connectivity index (χ3n) is 22.1. The number of cyclic esters (lactones) is 6. The number of carbonyl (C=O) groups excluding carboxylic acids is 12. The molecule has 1 unspecified atom stereocenters. The largest absolute Gasteiger partial charge is 0.447 e. The molecule has 6 fully saturated rings. The predicted octanol–water partition coefficient (Wildman–Crippen LogP) is 18.3. The molecular formula is C101H112N6O18. The number of amides is 12. The Labute approximate surface area is 731 Å². The van der Waals surface area contributed by atoms with Crippen LogP contribution in [0.1, 0.15) is 156 Å². The molecule has 125 heavy (non-hydrogen) atoms. The highest BCUT2D eigenvalue weighted by molar-refractivity contribution is 5.97. The molecular weight excluding hydrogens is 1590 g/mol. The van der Waals surface area contributed by atoms with E-state index in [-0.39, 0.29) is 96.7 Å². The van der Waals surface area contributed by atoms with E-state index in [0.717, 1.165) is 50.1 Å². The van der Waals surface area contributed by atoms with Crippen LogP contribution in [0.2, 0.25) is 0 Å². The monoisotopic (exact) mass is 1700 g/mol. The van der Waals surface area contributed by atoms with E-state index in [1.54, 1.807) is 6.92 Å². The Morgan fingerprint density at radius 1 is 0.328 bits per heavy atom. The molecule has 6 aliphatic heterocycles. The summed E-state index contributed by atoms with van der Waals surface area (Å²) < 4.78 is 30.9. The van der Waals surface area contributed by atoms with Crippen molar-refractivity contribution in [2.24, 2.45) is 11.8 Å². The van der Waals surface area contributed by atoms with Crippen molar-refractivity contribution in [1.82, 2.24) is 29.4 Å². The predicted molar refractivity (Wildman–Crippen MR) is 471 cm³/mol. The Hall–Kier alpha value is -13.4. The highest BCUT2D eigenvalue weighted by Gasteiger charge is 2.52. The number of imide groups is 6. The average molecular weight is 1700 g/mol. The summed E-state index contributed by atoms with van der Waals surface area (Å²) in [4.78, 5) is 152. The maximum Gasteiger partial charge on any atom is 0.417 e. The van der Waals surface area contributed by atoms with Gasteiger partial charge in [0.1, 0.15) is 44.2 Å². The molecule has 0 bridgehead atoms. The van der Waals surface area contributed by atoms with Gasteiger partial charge >= 0.3 is 36.6 Å². The summed E-state index contributed by atoms with van der Waals surface area (Å²) >= 11 is 0. The number of nitrogens with zero attached hydrogens (tertiary/aromatic N) is 6. The Kier molecular flexibility index (Phi) is 35.1. The van der Waals surface area contributed by atoms with E-state index < -0.39 is 48.3 Å². The van der Waals surface area contributed by atoms with Crippen molar-refractivity contribution in [2.75, 3.05) is 26.4 Å². The summed E-state index contributed by atoms with van der Waals surface area (Å²) in [5.41, 5.74) is 8.85. The topological polar surface area (TPSA) is 280 Å². The molecule has 7 atom stereocenters. The van der Waals surface area contributed by atoms with E-state index in [1.165, 1.54) is 29.4 Å². The lowest BCUT2D eigenvalue weighted by atomic mass is 9.89.